The van der Waals surface area contributed by atoms with Gasteiger partial charge in [0.2, 0.25) is 0 Å². The number of urea groups is 1. The number of benzene rings is 1. The van der Waals surface area contributed by atoms with Crippen LogP contribution >= 0.6 is 11.3 Å². The van der Waals surface area contributed by atoms with E-state index in [4.69, 9.17) is 4.74 Å². The minimum atomic E-state index is -0.370. The van der Waals surface area contributed by atoms with Crippen molar-refractivity contribution in [3.05, 3.63) is 70.4 Å². The van der Waals surface area contributed by atoms with Crippen LogP contribution in [0.2, 0.25) is 0 Å². The van der Waals surface area contributed by atoms with Gasteiger partial charge in [0.1, 0.15) is 17.6 Å². The Hall–Kier alpha value is -2.80. The predicted molar refractivity (Wildman–Crippen MR) is 107 cm³/mol. The van der Waals surface area contributed by atoms with Crippen LogP contribution in [0.3, 0.4) is 0 Å². The minimum absolute atomic E-state index is 0.123. The van der Waals surface area contributed by atoms with E-state index < -0.39 is 0 Å². The van der Waals surface area contributed by atoms with Crippen LogP contribution in [0.15, 0.2) is 54.2 Å². The average Bonchev–Trinajstić information content (AvgIpc) is 3.35. The Morgan fingerprint density at radius 1 is 1.37 bits per heavy atom. The molecule has 1 aromatic carbocycles. The Balaban J connectivity index is 1.86. The third kappa shape index (κ3) is 4.49. The number of hydrogen-bond donors (Lipinski definition) is 1. The van der Waals surface area contributed by atoms with E-state index >= 15 is 0 Å². The first-order valence-corrected chi connectivity index (χ1v) is 9.69. The van der Waals surface area contributed by atoms with Crippen molar-refractivity contribution in [1.29, 1.82) is 0 Å². The van der Waals surface area contributed by atoms with Gasteiger partial charge in [-0.05, 0) is 36.1 Å². The van der Waals surface area contributed by atoms with Gasteiger partial charge in [-0.3, -0.25) is 0 Å². The number of nitrogens with zero attached hydrogens (tertiary/aromatic N) is 3. The molecule has 7 heteroatoms. The molecule has 1 atom stereocenters. The van der Waals surface area contributed by atoms with E-state index in [0.717, 1.165) is 22.0 Å². The van der Waals surface area contributed by atoms with Crippen molar-refractivity contribution in [3.8, 4) is 5.75 Å². The first-order valence-electron chi connectivity index (χ1n) is 8.81. The summed E-state index contributed by atoms with van der Waals surface area (Å²) in [6, 6.07) is 11.2. The lowest BCUT2D eigenvalue weighted by Gasteiger charge is -2.25. The van der Waals surface area contributed by atoms with Gasteiger partial charge in [-0.2, -0.15) is 0 Å². The van der Waals surface area contributed by atoms with Crippen LogP contribution in [0, 0.1) is 0 Å². The van der Waals surface area contributed by atoms with Crippen LogP contribution in [0.5, 0.6) is 5.75 Å². The van der Waals surface area contributed by atoms with E-state index in [0.29, 0.717) is 13.1 Å². The molecule has 0 radical (unpaired) electrons. The Morgan fingerprint density at radius 2 is 2.22 bits per heavy atom. The Kier molecular flexibility index (Phi) is 6.13. The van der Waals surface area contributed by atoms with E-state index in [-0.39, 0.29) is 12.1 Å². The van der Waals surface area contributed by atoms with E-state index in [9.17, 15) is 4.79 Å². The first-order chi connectivity index (χ1) is 13.1. The van der Waals surface area contributed by atoms with Gasteiger partial charge in [0.15, 0.2) is 0 Å². The molecule has 3 rings (SSSR count). The molecule has 2 aromatic heterocycles. The Morgan fingerprint density at radius 3 is 2.85 bits per heavy atom. The van der Waals surface area contributed by atoms with Gasteiger partial charge < -0.3 is 19.5 Å². The number of hydrogen-bond acceptors (Lipinski definition) is 4. The van der Waals surface area contributed by atoms with Gasteiger partial charge in [-0.1, -0.05) is 18.2 Å². The molecule has 0 aliphatic carbocycles. The van der Waals surface area contributed by atoms with E-state index in [1.54, 1.807) is 29.5 Å². The fourth-order valence-electron chi connectivity index (χ4n) is 2.91. The summed E-state index contributed by atoms with van der Waals surface area (Å²) >= 11 is 1.65. The standard InChI is InChI=1S/C20H24N4O2S/c1-4-24(14-17-9-6-12-27-17)20(25)22-18(19-21-10-11-23(19)2)15-7-5-8-16(13-15)26-3/h5-13,18H,4,14H2,1-3H3,(H,22,25). The number of carbonyl (C=O) groups is 1. The lowest BCUT2D eigenvalue weighted by molar-refractivity contribution is 0.195. The Labute approximate surface area is 163 Å². The number of nitrogens with one attached hydrogen (secondary N) is 1. The van der Waals surface area contributed by atoms with Gasteiger partial charge in [0, 0.05) is 30.9 Å². The van der Waals surface area contributed by atoms with Gasteiger partial charge in [0.05, 0.1) is 13.7 Å². The fraction of sp³-hybridized carbons (Fsp3) is 0.300. The quantitative estimate of drug-likeness (QED) is 0.674. The van der Waals surface area contributed by atoms with Crippen molar-refractivity contribution in [2.45, 2.75) is 19.5 Å². The highest BCUT2D eigenvalue weighted by atomic mass is 32.1. The second-order valence-electron chi connectivity index (χ2n) is 6.15. The molecule has 0 aliphatic rings. The van der Waals surface area contributed by atoms with Gasteiger partial charge in [0.25, 0.3) is 0 Å². The maximum Gasteiger partial charge on any atom is 0.318 e. The van der Waals surface area contributed by atoms with Crippen molar-refractivity contribution < 1.29 is 9.53 Å². The number of aryl methyl sites for hydroxylation is 1. The molecule has 142 valence electrons. The zero-order chi connectivity index (χ0) is 19.2. The molecule has 2 amide bonds. The molecule has 0 spiro atoms. The van der Waals surface area contributed by atoms with Crippen molar-refractivity contribution in [2.24, 2.45) is 7.05 Å². The monoisotopic (exact) mass is 384 g/mol. The van der Waals surface area contributed by atoms with Gasteiger partial charge in [-0.25, -0.2) is 9.78 Å². The molecule has 1 unspecified atom stereocenters. The SMILES string of the molecule is CCN(Cc1cccs1)C(=O)NC(c1cccc(OC)c1)c1nccn1C. The molecule has 1 N–H and O–H groups in total. The summed E-state index contributed by atoms with van der Waals surface area (Å²) in [5.74, 6) is 1.51. The van der Waals surface area contributed by atoms with E-state index in [1.807, 2.05) is 66.5 Å². The van der Waals surface area contributed by atoms with Crippen molar-refractivity contribution >= 4 is 17.4 Å². The number of methoxy groups -OCH3 is 1. The molecule has 0 saturated heterocycles. The summed E-state index contributed by atoms with van der Waals surface area (Å²) in [6.07, 6.45) is 3.61. The summed E-state index contributed by atoms with van der Waals surface area (Å²) in [4.78, 5) is 20.4. The van der Waals surface area contributed by atoms with Crippen LogP contribution in [0.1, 0.15) is 29.2 Å². The maximum atomic E-state index is 13.0. The molecular weight excluding hydrogens is 360 g/mol. The molecule has 6 nitrogen and oxygen atoms in total. The topological polar surface area (TPSA) is 59.4 Å². The minimum Gasteiger partial charge on any atom is -0.497 e. The highest BCUT2D eigenvalue weighted by Crippen LogP contribution is 2.24. The predicted octanol–water partition coefficient (Wildman–Crippen LogP) is 3.81. The number of ether oxygens (including phenoxy) is 1. The van der Waals surface area contributed by atoms with Crippen LogP contribution < -0.4 is 10.1 Å². The molecular formula is C20H24N4O2S. The molecule has 0 fully saturated rings. The molecule has 0 bridgehead atoms. The largest absolute Gasteiger partial charge is 0.497 e. The van der Waals surface area contributed by atoms with E-state index in [1.165, 1.54) is 0 Å². The third-order valence-corrected chi connectivity index (χ3v) is 5.27. The smallest absolute Gasteiger partial charge is 0.318 e. The molecule has 0 saturated carbocycles. The number of thiophene rings is 1. The Bertz CT molecular complexity index is 876. The van der Waals surface area contributed by atoms with Crippen molar-refractivity contribution in [1.82, 2.24) is 19.8 Å². The molecule has 3 aromatic rings. The summed E-state index contributed by atoms with van der Waals surface area (Å²) in [6.45, 7) is 3.19. The fourth-order valence-corrected chi connectivity index (χ4v) is 3.63. The van der Waals surface area contributed by atoms with E-state index in [2.05, 4.69) is 10.3 Å². The second-order valence-corrected chi connectivity index (χ2v) is 7.18. The number of aromatic nitrogens is 2. The lowest BCUT2D eigenvalue weighted by Crippen LogP contribution is -2.42. The molecule has 0 aliphatic heterocycles. The summed E-state index contributed by atoms with van der Waals surface area (Å²) in [5.41, 5.74) is 0.921. The third-order valence-electron chi connectivity index (χ3n) is 4.41. The first kappa shape index (κ1) is 19.0. The van der Waals surface area contributed by atoms with Crippen LogP contribution in [0.4, 0.5) is 4.79 Å². The van der Waals surface area contributed by atoms with Crippen LogP contribution in [-0.2, 0) is 13.6 Å². The molecule has 2 heterocycles. The lowest BCUT2D eigenvalue weighted by atomic mass is 10.1. The highest BCUT2D eigenvalue weighted by Gasteiger charge is 2.23. The van der Waals surface area contributed by atoms with Crippen molar-refractivity contribution in [3.63, 3.8) is 0 Å². The summed E-state index contributed by atoms with van der Waals surface area (Å²) in [7, 11) is 3.55. The van der Waals surface area contributed by atoms with Crippen LogP contribution in [-0.4, -0.2) is 34.1 Å². The zero-order valence-corrected chi connectivity index (χ0v) is 16.6. The summed E-state index contributed by atoms with van der Waals surface area (Å²) < 4.78 is 7.26. The number of imidazole rings is 1. The van der Waals surface area contributed by atoms with Crippen LogP contribution in [0.25, 0.3) is 0 Å². The highest BCUT2D eigenvalue weighted by molar-refractivity contribution is 7.09. The number of carbonyl (C=O) groups excluding carboxylic acids is 1. The average molecular weight is 385 g/mol. The zero-order valence-electron chi connectivity index (χ0n) is 15.8. The maximum absolute atomic E-state index is 13.0. The van der Waals surface area contributed by atoms with Gasteiger partial charge >= 0.3 is 6.03 Å². The number of amides is 2. The normalized spacial score (nSPS) is 11.8. The summed E-state index contributed by atoms with van der Waals surface area (Å²) in [5, 5.41) is 5.17. The second kappa shape index (κ2) is 8.73. The molecule has 27 heavy (non-hydrogen) atoms. The number of rotatable bonds is 7. The van der Waals surface area contributed by atoms with Gasteiger partial charge in [-0.15, -0.1) is 11.3 Å². The van der Waals surface area contributed by atoms with Crippen molar-refractivity contribution in [2.75, 3.05) is 13.7 Å².